The molecule has 0 unspecified atom stereocenters. The standard InChI is InChI=1S/C10H13NOS.C8H16.C4H9NO.C2H6/c1-10(2,11)6-5-8-3-4-9(7-12)13-8;1-8-6-4-2-3-5-7-8;1-4(2)5-3-6;1-2/h3-4,12H,7,11H2,1-2H3;8H,2-7H2,1H3;3-4H,1-2H3,(H,5,6);1-2H3. The molecule has 4 N–H and O–H groups in total. The maximum atomic E-state index is 9.50. The van der Waals surface area contributed by atoms with Crippen LogP contribution in [0.2, 0.25) is 0 Å². The molecular formula is C24H44N2O2S. The molecule has 29 heavy (non-hydrogen) atoms. The van der Waals surface area contributed by atoms with Crippen molar-refractivity contribution in [3.05, 3.63) is 21.9 Å². The van der Waals surface area contributed by atoms with Gasteiger partial charge in [-0.25, -0.2) is 0 Å². The number of amides is 1. The van der Waals surface area contributed by atoms with Gasteiger partial charge < -0.3 is 16.2 Å². The summed E-state index contributed by atoms with van der Waals surface area (Å²) in [6.45, 7) is 14.0. The first-order valence-electron chi connectivity index (χ1n) is 10.9. The van der Waals surface area contributed by atoms with Crippen LogP contribution in [0.4, 0.5) is 0 Å². The normalized spacial score (nSPS) is 13.7. The Morgan fingerprint density at radius 2 is 1.79 bits per heavy atom. The van der Waals surface area contributed by atoms with E-state index < -0.39 is 5.54 Å². The average molecular weight is 425 g/mol. The Bertz CT molecular complexity index is 557. The minimum Gasteiger partial charge on any atom is -0.391 e. The first kappa shape index (κ1) is 29.8. The van der Waals surface area contributed by atoms with Crippen molar-refractivity contribution in [1.29, 1.82) is 0 Å². The summed E-state index contributed by atoms with van der Waals surface area (Å²) in [6, 6.07) is 4.05. The highest BCUT2D eigenvalue weighted by Gasteiger charge is 2.05. The lowest BCUT2D eigenvalue weighted by molar-refractivity contribution is -0.109. The third-order valence-electron chi connectivity index (χ3n) is 3.87. The second-order valence-corrected chi connectivity index (χ2v) is 9.10. The Morgan fingerprint density at radius 3 is 2.14 bits per heavy atom. The van der Waals surface area contributed by atoms with Crippen LogP contribution in [0.5, 0.6) is 0 Å². The Hall–Kier alpha value is -1.35. The Kier molecular flexibility index (Phi) is 19.2. The zero-order chi connectivity index (χ0) is 22.7. The smallest absolute Gasteiger partial charge is 0.207 e. The van der Waals surface area contributed by atoms with E-state index in [1.54, 1.807) is 0 Å². The second-order valence-electron chi connectivity index (χ2n) is 7.93. The van der Waals surface area contributed by atoms with Crippen molar-refractivity contribution in [3.8, 4) is 11.8 Å². The molecule has 168 valence electrons. The predicted octanol–water partition coefficient (Wildman–Crippen LogP) is 5.47. The highest BCUT2D eigenvalue weighted by molar-refractivity contribution is 7.12. The predicted molar refractivity (Wildman–Crippen MR) is 128 cm³/mol. The van der Waals surface area contributed by atoms with Gasteiger partial charge in [-0.15, -0.1) is 11.3 Å². The number of thiophene rings is 1. The molecular weight excluding hydrogens is 380 g/mol. The van der Waals surface area contributed by atoms with Crippen LogP contribution in [0.3, 0.4) is 0 Å². The van der Waals surface area contributed by atoms with E-state index in [1.165, 1.54) is 49.9 Å². The number of carbonyl (C=O) groups excluding carboxylic acids is 1. The van der Waals surface area contributed by atoms with Crippen LogP contribution in [0.25, 0.3) is 0 Å². The van der Waals surface area contributed by atoms with Crippen molar-refractivity contribution in [2.75, 3.05) is 0 Å². The summed E-state index contributed by atoms with van der Waals surface area (Å²) in [5.41, 5.74) is 5.25. The van der Waals surface area contributed by atoms with E-state index in [2.05, 4.69) is 24.1 Å². The molecule has 1 aliphatic carbocycles. The molecule has 2 rings (SSSR count). The zero-order valence-electron chi connectivity index (χ0n) is 19.7. The van der Waals surface area contributed by atoms with Crippen LogP contribution in [-0.2, 0) is 11.4 Å². The largest absolute Gasteiger partial charge is 0.391 e. The number of hydrogen-bond acceptors (Lipinski definition) is 4. The molecule has 1 saturated carbocycles. The van der Waals surface area contributed by atoms with E-state index in [1.807, 2.05) is 53.7 Å². The van der Waals surface area contributed by atoms with E-state index in [9.17, 15) is 4.79 Å². The van der Waals surface area contributed by atoms with Gasteiger partial charge in [-0.2, -0.15) is 0 Å². The van der Waals surface area contributed by atoms with Gasteiger partial charge in [0.2, 0.25) is 6.41 Å². The molecule has 0 bridgehead atoms. The highest BCUT2D eigenvalue weighted by atomic mass is 32.1. The van der Waals surface area contributed by atoms with Gasteiger partial charge in [-0.1, -0.05) is 71.1 Å². The third kappa shape index (κ3) is 21.2. The molecule has 0 radical (unpaired) electrons. The van der Waals surface area contributed by atoms with Crippen LogP contribution in [0, 0.1) is 17.8 Å². The lowest BCUT2D eigenvalue weighted by Crippen LogP contribution is -2.29. The maximum Gasteiger partial charge on any atom is 0.207 e. The Balaban J connectivity index is 0. The van der Waals surface area contributed by atoms with Crippen molar-refractivity contribution in [2.45, 2.75) is 105 Å². The van der Waals surface area contributed by atoms with E-state index in [-0.39, 0.29) is 12.6 Å². The SMILES string of the molecule is CC.CC(C)(N)C#Cc1ccc(CO)s1.CC(C)NC=O.CC1CCCCCC1. The molecule has 0 saturated heterocycles. The molecule has 0 aromatic carbocycles. The molecule has 1 fully saturated rings. The zero-order valence-corrected chi connectivity index (χ0v) is 20.5. The maximum absolute atomic E-state index is 9.50. The van der Waals surface area contributed by atoms with Crippen LogP contribution in [-0.4, -0.2) is 23.1 Å². The molecule has 1 aliphatic rings. The first-order chi connectivity index (χ1) is 13.7. The molecule has 0 atom stereocenters. The van der Waals surface area contributed by atoms with E-state index in [0.717, 1.165) is 15.7 Å². The molecule has 5 heteroatoms. The summed E-state index contributed by atoms with van der Waals surface area (Å²) < 4.78 is 0. The summed E-state index contributed by atoms with van der Waals surface area (Å²) >= 11 is 1.49. The van der Waals surface area contributed by atoms with Crippen molar-refractivity contribution >= 4 is 17.7 Å². The number of nitrogens with two attached hydrogens (primary N) is 1. The number of aliphatic hydroxyl groups is 1. The lowest BCUT2D eigenvalue weighted by atomic mass is 10.0. The van der Waals surface area contributed by atoms with Crippen LogP contribution in [0.15, 0.2) is 12.1 Å². The fourth-order valence-corrected chi connectivity index (χ4v) is 3.09. The fraction of sp³-hybridized carbons (Fsp3) is 0.708. The van der Waals surface area contributed by atoms with Gasteiger partial charge in [0.05, 0.1) is 17.0 Å². The fourth-order valence-electron chi connectivity index (χ4n) is 2.37. The molecule has 1 heterocycles. The van der Waals surface area contributed by atoms with Crippen molar-refractivity contribution in [1.82, 2.24) is 5.32 Å². The minimum atomic E-state index is -0.455. The van der Waals surface area contributed by atoms with Crippen LogP contribution in [0.1, 0.15) is 96.7 Å². The summed E-state index contributed by atoms with van der Waals surface area (Å²) in [4.78, 5) is 11.4. The summed E-state index contributed by atoms with van der Waals surface area (Å²) in [5, 5.41) is 11.3. The van der Waals surface area contributed by atoms with Gasteiger partial charge in [-0.05, 0) is 45.7 Å². The topological polar surface area (TPSA) is 75.3 Å². The summed E-state index contributed by atoms with van der Waals surface area (Å²) in [5.74, 6) is 6.93. The number of nitrogens with one attached hydrogen (secondary N) is 1. The molecule has 0 spiro atoms. The van der Waals surface area contributed by atoms with E-state index in [0.29, 0.717) is 6.41 Å². The van der Waals surface area contributed by atoms with Gasteiger partial charge in [0.25, 0.3) is 0 Å². The van der Waals surface area contributed by atoms with Gasteiger partial charge >= 0.3 is 0 Å². The molecule has 1 aromatic heterocycles. The summed E-state index contributed by atoms with van der Waals surface area (Å²) in [6.07, 6.45) is 9.63. The minimum absolute atomic E-state index is 0.0817. The average Bonchev–Trinajstić information content (AvgIpc) is 3.00. The van der Waals surface area contributed by atoms with Crippen molar-refractivity contribution < 1.29 is 9.90 Å². The number of aliphatic hydroxyl groups excluding tert-OH is 1. The Labute approximate surface area is 183 Å². The third-order valence-corrected chi connectivity index (χ3v) is 4.86. The number of rotatable bonds is 3. The molecule has 0 aliphatic heterocycles. The Morgan fingerprint density at radius 1 is 1.24 bits per heavy atom. The summed E-state index contributed by atoms with van der Waals surface area (Å²) in [7, 11) is 0. The monoisotopic (exact) mass is 424 g/mol. The quantitative estimate of drug-likeness (QED) is 0.342. The van der Waals surface area contributed by atoms with Crippen molar-refractivity contribution in [2.24, 2.45) is 11.7 Å². The van der Waals surface area contributed by atoms with Crippen LogP contribution < -0.4 is 11.1 Å². The molecule has 1 aromatic rings. The van der Waals surface area contributed by atoms with Crippen LogP contribution >= 0.6 is 11.3 Å². The van der Waals surface area contributed by atoms with Gasteiger partial charge in [-0.3, -0.25) is 4.79 Å². The van der Waals surface area contributed by atoms with Gasteiger partial charge in [0.15, 0.2) is 0 Å². The number of carbonyl (C=O) groups is 1. The first-order valence-corrected chi connectivity index (χ1v) is 11.7. The lowest BCUT2D eigenvalue weighted by Gasteiger charge is -2.06. The highest BCUT2D eigenvalue weighted by Crippen LogP contribution is 2.21. The van der Waals surface area contributed by atoms with Gasteiger partial charge in [0, 0.05) is 10.9 Å². The van der Waals surface area contributed by atoms with E-state index in [4.69, 9.17) is 10.8 Å². The molecule has 4 nitrogen and oxygen atoms in total. The second kappa shape index (κ2) is 18.7. The van der Waals surface area contributed by atoms with E-state index >= 15 is 0 Å². The van der Waals surface area contributed by atoms with Crippen molar-refractivity contribution in [3.63, 3.8) is 0 Å². The molecule has 1 amide bonds. The van der Waals surface area contributed by atoms with Gasteiger partial charge in [0.1, 0.15) is 0 Å². The number of hydrogen-bond donors (Lipinski definition) is 3.